The smallest absolute Gasteiger partial charge is 0.0327 e. The monoisotopic (exact) mass is 273 g/mol. The van der Waals surface area contributed by atoms with Gasteiger partial charge < -0.3 is 5.32 Å². The molecule has 0 bridgehead atoms. The number of halogens is 1. The van der Waals surface area contributed by atoms with Crippen LogP contribution in [0, 0.1) is 0 Å². The quantitative estimate of drug-likeness (QED) is 0.877. The Labute approximate surface area is 98.0 Å². The first-order valence-corrected chi connectivity index (χ1v) is 6.90. The van der Waals surface area contributed by atoms with E-state index in [0.29, 0.717) is 5.54 Å². The zero-order valence-electron chi connectivity index (χ0n) is 8.48. The van der Waals surface area contributed by atoms with Crippen molar-refractivity contribution in [1.29, 1.82) is 0 Å². The molecule has 0 spiro atoms. The number of rotatable bonds is 4. The summed E-state index contributed by atoms with van der Waals surface area (Å²) in [5.74, 6) is 0. The molecule has 1 aromatic heterocycles. The molecule has 0 aliphatic heterocycles. The predicted molar refractivity (Wildman–Crippen MR) is 65.7 cm³/mol. The van der Waals surface area contributed by atoms with E-state index in [9.17, 15) is 0 Å². The van der Waals surface area contributed by atoms with E-state index in [4.69, 9.17) is 0 Å². The van der Waals surface area contributed by atoms with Gasteiger partial charge >= 0.3 is 0 Å². The van der Waals surface area contributed by atoms with E-state index in [2.05, 4.69) is 39.6 Å². The van der Waals surface area contributed by atoms with Crippen molar-refractivity contribution < 1.29 is 0 Å². The maximum absolute atomic E-state index is 3.71. The molecule has 1 saturated carbocycles. The molecule has 14 heavy (non-hydrogen) atoms. The zero-order chi connectivity index (χ0) is 10.0. The van der Waals surface area contributed by atoms with E-state index >= 15 is 0 Å². The Kier molecular flexibility index (Phi) is 3.30. The van der Waals surface area contributed by atoms with Crippen LogP contribution in [0.3, 0.4) is 0 Å². The summed E-state index contributed by atoms with van der Waals surface area (Å²) in [6.45, 7) is 3.31. The maximum atomic E-state index is 3.71. The molecular weight excluding hydrogens is 258 g/mol. The summed E-state index contributed by atoms with van der Waals surface area (Å²) < 4.78 is 1.25. The van der Waals surface area contributed by atoms with Crippen LogP contribution >= 0.6 is 27.3 Å². The fourth-order valence-corrected chi connectivity index (χ4v) is 3.41. The zero-order valence-corrected chi connectivity index (χ0v) is 10.9. The lowest BCUT2D eigenvalue weighted by molar-refractivity contribution is 0.176. The molecule has 0 atom stereocenters. The molecule has 0 unspecified atom stereocenters. The molecule has 1 fully saturated rings. The molecular formula is C11H16BrNS. The van der Waals surface area contributed by atoms with Crippen LogP contribution in [0.25, 0.3) is 0 Å². The van der Waals surface area contributed by atoms with Crippen LogP contribution in [0.4, 0.5) is 0 Å². The molecule has 1 aromatic rings. The van der Waals surface area contributed by atoms with Crippen molar-refractivity contribution in [1.82, 2.24) is 5.32 Å². The first-order chi connectivity index (χ1) is 6.76. The number of thiophene rings is 1. The Morgan fingerprint density at radius 3 is 2.79 bits per heavy atom. The molecule has 1 aliphatic rings. The van der Waals surface area contributed by atoms with E-state index in [0.717, 1.165) is 6.54 Å². The molecule has 78 valence electrons. The molecule has 0 amide bonds. The third kappa shape index (κ3) is 2.05. The van der Waals surface area contributed by atoms with Gasteiger partial charge in [-0.15, -0.1) is 11.3 Å². The minimum absolute atomic E-state index is 0.462. The van der Waals surface area contributed by atoms with Crippen LogP contribution in [0.2, 0.25) is 0 Å². The molecule has 1 nitrogen and oxygen atoms in total. The van der Waals surface area contributed by atoms with Crippen molar-refractivity contribution in [3.63, 3.8) is 0 Å². The predicted octanol–water partition coefficient (Wildman–Crippen LogP) is 3.93. The topological polar surface area (TPSA) is 12.0 Å². The van der Waals surface area contributed by atoms with E-state index in [-0.39, 0.29) is 0 Å². The third-order valence-electron chi connectivity index (χ3n) is 3.30. The molecule has 1 aliphatic carbocycles. The third-order valence-corrected chi connectivity index (χ3v) is 5.23. The Bertz CT molecular complexity index is 298. The molecule has 1 N–H and O–H groups in total. The average molecular weight is 274 g/mol. The SMILES string of the molecule is CCC1(NCc2sccc2Br)CCC1. The Morgan fingerprint density at radius 1 is 1.57 bits per heavy atom. The molecule has 0 aromatic carbocycles. The highest BCUT2D eigenvalue weighted by Gasteiger charge is 2.34. The fourth-order valence-electron chi connectivity index (χ4n) is 1.98. The van der Waals surface area contributed by atoms with Gasteiger partial charge in [0.1, 0.15) is 0 Å². The van der Waals surface area contributed by atoms with Gasteiger partial charge in [-0.25, -0.2) is 0 Å². The van der Waals surface area contributed by atoms with Gasteiger partial charge in [-0.2, -0.15) is 0 Å². The number of hydrogen-bond donors (Lipinski definition) is 1. The normalized spacial score (nSPS) is 19.3. The van der Waals surface area contributed by atoms with E-state index < -0.39 is 0 Å². The van der Waals surface area contributed by atoms with Gasteiger partial charge in [-0.05, 0) is 53.1 Å². The highest BCUT2D eigenvalue weighted by molar-refractivity contribution is 9.10. The maximum Gasteiger partial charge on any atom is 0.0327 e. The standard InChI is InChI=1S/C11H16BrNS/c1-2-11(5-3-6-11)13-8-10-9(12)4-7-14-10/h4,7,13H,2-3,5-6,8H2,1H3. The van der Waals surface area contributed by atoms with Gasteiger partial charge in [0.25, 0.3) is 0 Å². The van der Waals surface area contributed by atoms with Crippen LogP contribution in [-0.4, -0.2) is 5.54 Å². The molecule has 0 radical (unpaired) electrons. The van der Waals surface area contributed by atoms with Crippen molar-refractivity contribution in [2.75, 3.05) is 0 Å². The largest absolute Gasteiger partial charge is 0.306 e. The van der Waals surface area contributed by atoms with Gasteiger partial charge in [-0.1, -0.05) is 6.92 Å². The second-order valence-corrected chi connectivity index (χ2v) is 5.89. The summed E-state index contributed by atoms with van der Waals surface area (Å²) in [5.41, 5.74) is 0.462. The van der Waals surface area contributed by atoms with Gasteiger partial charge in [0.2, 0.25) is 0 Å². The highest BCUT2D eigenvalue weighted by Crippen LogP contribution is 2.35. The first-order valence-electron chi connectivity index (χ1n) is 5.23. The van der Waals surface area contributed by atoms with Crippen LogP contribution in [0.1, 0.15) is 37.5 Å². The molecule has 0 saturated heterocycles. The van der Waals surface area contributed by atoms with Crippen LogP contribution < -0.4 is 5.32 Å². The summed E-state index contributed by atoms with van der Waals surface area (Å²) in [6, 6.07) is 2.13. The van der Waals surface area contributed by atoms with E-state index in [1.165, 1.54) is 35.0 Å². The summed E-state index contributed by atoms with van der Waals surface area (Å²) in [5, 5.41) is 5.85. The van der Waals surface area contributed by atoms with Gasteiger partial charge in [0, 0.05) is 21.4 Å². The minimum atomic E-state index is 0.462. The summed E-state index contributed by atoms with van der Waals surface area (Å²) in [7, 11) is 0. The number of hydrogen-bond acceptors (Lipinski definition) is 2. The van der Waals surface area contributed by atoms with Crippen molar-refractivity contribution in [2.24, 2.45) is 0 Å². The van der Waals surface area contributed by atoms with Gasteiger partial charge in [0.05, 0.1) is 0 Å². The van der Waals surface area contributed by atoms with Crippen molar-refractivity contribution >= 4 is 27.3 Å². The van der Waals surface area contributed by atoms with Crippen LogP contribution in [0.15, 0.2) is 15.9 Å². The Hall–Kier alpha value is 0.140. The van der Waals surface area contributed by atoms with Crippen molar-refractivity contribution in [2.45, 2.75) is 44.7 Å². The van der Waals surface area contributed by atoms with Crippen LogP contribution in [0.5, 0.6) is 0 Å². The first kappa shape index (κ1) is 10.7. The minimum Gasteiger partial charge on any atom is -0.306 e. The second-order valence-electron chi connectivity index (χ2n) is 4.03. The Balaban J connectivity index is 1.90. The van der Waals surface area contributed by atoms with Gasteiger partial charge in [-0.3, -0.25) is 0 Å². The lowest BCUT2D eigenvalue weighted by atomic mass is 9.75. The number of nitrogens with one attached hydrogen (secondary N) is 1. The Morgan fingerprint density at radius 2 is 2.36 bits per heavy atom. The lowest BCUT2D eigenvalue weighted by Gasteiger charge is -2.42. The molecule has 1 heterocycles. The van der Waals surface area contributed by atoms with Crippen molar-refractivity contribution in [3.05, 3.63) is 20.8 Å². The lowest BCUT2D eigenvalue weighted by Crippen LogP contribution is -2.49. The van der Waals surface area contributed by atoms with E-state index in [1.54, 1.807) is 0 Å². The summed E-state index contributed by atoms with van der Waals surface area (Å²) >= 11 is 5.39. The molecule has 2 rings (SSSR count). The summed E-state index contributed by atoms with van der Waals surface area (Å²) in [4.78, 5) is 1.42. The highest BCUT2D eigenvalue weighted by atomic mass is 79.9. The second kappa shape index (κ2) is 4.33. The van der Waals surface area contributed by atoms with Crippen LogP contribution in [-0.2, 0) is 6.54 Å². The van der Waals surface area contributed by atoms with Gasteiger partial charge in [0.15, 0.2) is 0 Å². The van der Waals surface area contributed by atoms with Crippen molar-refractivity contribution in [3.8, 4) is 0 Å². The average Bonchev–Trinajstić information content (AvgIpc) is 2.51. The fraction of sp³-hybridized carbons (Fsp3) is 0.636. The van der Waals surface area contributed by atoms with E-state index in [1.807, 2.05) is 11.3 Å². The molecule has 3 heteroatoms. The summed E-state index contributed by atoms with van der Waals surface area (Å²) in [6.07, 6.45) is 5.36.